The molecule has 1 atom stereocenters. The van der Waals surface area contributed by atoms with E-state index in [1.54, 1.807) is 0 Å². The molecule has 3 N–H and O–H groups in total. The maximum absolute atomic E-state index is 12.6. The lowest BCUT2D eigenvalue weighted by Gasteiger charge is -2.32. The minimum atomic E-state index is -0.300. The van der Waals surface area contributed by atoms with Gasteiger partial charge < -0.3 is 16.0 Å². The summed E-state index contributed by atoms with van der Waals surface area (Å²) >= 11 is 0. The summed E-state index contributed by atoms with van der Waals surface area (Å²) in [4.78, 5) is 12.6. The quantitative estimate of drug-likeness (QED) is 0.632. The maximum atomic E-state index is 12.6. The lowest BCUT2D eigenvalue weighted by atomic mass is 9.84. The summed E-state index contributed by atoms with van der Waals surface area (Å²) in [6.45, 7) is 14.3. The third-order valence-corrected chi connectivity index (χ3v) is 3.46. The Labute approximate surface area is 130 Å². The highest BCUT2D eigenvalue weighted by Gasteiger charge is 2.31. The van der Waals surface area contributed by atoms with Crippen molar-refractivity contribution in [3.8, 4) is 0 Å². The largest absolute Gasteiger partial charge is 0.372 e. The predicted octanol–water partition coefficient (Wildman–Crippen LogP) is 2.56. The monoisotopic (exact) mass is 295 g/mol. The zero-order valence-corrected chi connectivity index (χ0v) is 14.6. The van der Waals surface area contributed by atoms with E-state index in [2.05, 4.69) is 42.8 Å². The van der Waals surface area contributed by atoms with Gasteiger partial charge in [-0.05, 0) is 46.1 Å². The molecular formula is C17H33N3O. The highest BCUT2D eigenvalue weighted by Crippen LogP contribution is 2.20. The highest BCUT2D eigenvalue weighted by molar-refractivity contribution is 5.88. The van der Waals surface area contributed by atoms with E-state index in [0.717, 1.165) is 38.2 Å². The van der Waals surface area contributed by atoms with Gasteiger partial charge in [-0.1, -0.05) is 20.8 Å². The molecule has 0 amide bonds. The fraction of sp³-hybridized carbons (Fsp3) is 0.824. The molecule has 21 heavy (non-hydrogen) atoms. The van der Waals surface area contributed by atoms with Crippen molar-refractivity contribution < 1.29 is 4.79 Å². The molecule has 0 aromatic heterocycles. The Morgan fingerprint density at radius 1 is 1.29 bits per heavy atom. The van der Waals surface area contributed by atoms with Crippen LogP contribution in [0.3, 0.4) is 0 Å². The van der Waals surface area contributed by atoms with Crippen molar-refractivity contribution in [3.63, 3.8) is 0 Å². The van der Waals surface area contributed by atoms with Crippen molar-refractivity contribution in [2.45, 2.75) is 72.4 Å². The first-order chi connectivity index (χ1) is 9.59. The molecule has 0 fully saturated rings. The van der Waals surface area contributed by atoms with E-state index >= 15 is 0 Å². The molecule has 0 aromatic carbocycles. The van der Waals surface area contributed by atoms with Crippen LogP contribution in [0.15, 0.2) is 11.9 Å². The Kier molecular flexibility index (Phi) is 6.26. The predicted molar refractivity (Wildman–Crippen MR) is 89.1 cm³/mol. The first-order valence-electron chi connectivity index (χ1n) is 8.09. The minimum absolute atomic E-state index is 0.0471. The number of rotatable bonds is 7. The minimum Gasteiger partial charge on any atom is -0.372 e. The second kappa shape index (κ2) is 7.30. The first kappa shape index (κ1) is 18.0. The molecule has 0 saturated heterocycles. The van der Waals surface area contributed by atoms with Crippen LogP contribution in [0.5, 0.6) is 0 Å². The van der Waals surface area contributed by atoms with E-state index < -0.39 is 0 Å². The van der Waals surface area contributed by atoms with Crippen LogP contribution in [0.25, 0.3) is 0 Å². The molecular weight excluding hydrogens is 262 g/mol. The van der Waals surface area contributed by atoms with E-state index in [-0.39, 0.29) is 17.0 Å². The first-order valence-corrected chi connectivity index (χ1v) is 8.09. The van der Waals surface area contributed by atoms with E-state index in [0.29, 0.717) is 5.78 Å². The van der Waals surface area contributed by atoms with Crippen LogP contribution in [0.1, 0.15) is 60.8 Å². The molecule has 122 valence electrons. The van der Waals surface area contributed by atoms with Crippen LogP contribution in [0.4, 0.5) is 0 Å². The molecule has 0 unspecified atom stereocenters. The molecule has 1 heterocycles. The number of ketones is 1. The van der Waals surface area contributed by atoms with E-state index in [1.165, 1.54) is 0 Å². The molecule has 4 heteroatoms. The van der Waals surface area contributed by atoms with Gasteiger partial charge in [0.05, 0.1) is 11.9 Å². The van der Waals surface area contributed by atoms with Crippen LogP contribution in [0, 0.1) is 5.41 Å². The SMILES string of the molecule is CC(C)(C)N[C@H](CCCNC1=CCCN1)C(=O)C(C)(C)C. The van der Waals surface area contributed by atoms with Crippen molar-refractivity contribution in [1.29, 1.82) is 0 Å². The van der Waals surface area contributed by atoms with Gasteiger partial charge in [-0.2, -0.15) is 0 Å². The summed E-state index contributed by atoms with van der Waals surface area (Å²) in [6.07, 6.45) is 5.13. The van der Waals surface area contributed by atoms with Gasteiger partial charge in [0.25, 0.3) is 0 Å². The Hall–Kier alpha value is -1.03. The van der Waals surface area contributed by atoms with Crippen LogP contribution < -0.4 is 16.0 Å². The van der Waals surface area contributed by atoms with E-state index in [4.69, 9.17) is 0 Å². The Morgan fingerprint density at radius 3 is 2.43 bits per heavy atom. The number of Topliss-reactive ketones (excluding diaryl/α,β-unsaturated/α-hetero) is 1. The fourth-order valence-corrected chi connectivity index (χ4v) is 2.47. The van der Waals surface area contributed by atoms with Gasteiger partial charge in [-0.15, -0.1) is 0 Å². The number of carbonyl (C=O) groups is 1. The highest BCUT2D eigenvalue weighted by atomic mass is 16.1. The molecule has 1 aliphatic heterocycles. The summed E-state index contributed by atoms with van der Waals surface area (Å²) in [6, 6.07) is -0.0719. The number of nitrogens with one attached hydrogen (secondary N) is 3. The Bertz CT molecular complexity index is 374. The van der Waals surface area contributed by atoms with Gasteiger partial charge in [0.15, 0.2) is 5.78 Å². The van der Waals surface area contributed by atoms with Gasteiger partial charge in [0, 0.05) is 24.0 Å². The van der Waals surface area contributed by atoms with Crippen LogP contribution >= 0.6 is 0 Å². The molecule has 1 rings (SSSR count). The fourth-order valence-electron chi connectivity index (χ4n) is 2.47. The van der Waals surface area contributed by atoms with Crippen molar-refractivity contribution >= 4 is 5.78 Å². The molecule has 0 bridgehead atoms. The molecule has 0 radical (unpaired) electrons. The molecule has 4 nitrogen and oxygen atoms in total. The average Bonchev–Trinajstić information content (AvgIpc) is 2.82. The van der Waals surface area contributed by atoms with E-state index in [9.17, 15) is 4.79 Å². The average molecular weight is 295 g/mol. The van der Waals surface area contributed by atoms with Gasteiger partial charge in [0.2, 0.25) is 0 Å². The summed E-state index contributed by atoms with van der Waals surface area (Å²) < 4.78 is 0. The van der Waals surface area contributed by atoms with Crippen molar-refractivity contribution in [3.05, 3.63) is 11.9 Å². The molecule has 0 spiro atoms. The van der Waals surface area contributed by atoms with Gasteiger partial charge >= 0.3 is 0 Å². The summed E-state index contributed by atoms with van der Waals surface area (Å²) in [5.74, 6) is 1.44. The van der Waals surface area contributed by atoms with Crippen molar-refractivity contribution in [2.75, 3.05) is 13.1 Å². The second-order valence-electron chi connectivity index (χ2n) is 7.96. The summed E-state index contributed by atoms with van der Waals surface area (Å²) in [7, 11) is 0. The molecule has 0 aliphatic carbocycles. The topological polar surface area (TPSA) is 53.2 Å². The Morgan fingerprint density at radius 2 is 1.95 bits per heavy atom. The van der Waals surface area contributed by atoms with Crippen LogP contribution in [-0.4, -0.2) is 30.5 Å². The van der Waals surface area contributed by atoms with Gasteiger partial charge in [0.1, 0.15) is 0 Å². The smallest absolute Gasteiger partial charge is 0.155 e. The molecule has 0 saturated carbocycles. The normalized spacial score (nSPS) is 17.1. The van der Waals surface area contributed by atoms with Gasteiger partial charge in [-0.25, -0.2) is 0 Å². The Balaban J connectivity index is 2.46. The zero-order chi connectivity index (χ0) is 16.1. The zero-order valence-electron chi connectivity index (χ0n) is 14.6. The van der Waals surface area contributed by atoms with Crippen LogP contribution in [-0.2, 0) is 4.79 Å². The molecule has 0 aromatic rings. The summed E-state index contributed by atoms with van der Waals surface area (Å²) in [5.41, 5.74) is -0.347. The number of hydrogen-bond acceptors (Lipinski definition) is 4. The van der Waals surface area contributed by atoms with Gasteiger partial charge in [-0.3, -0.25) is 4.79 Å². The maximum Gasteiger partial charge on any atom is 0.155 e. The van der Waals surface area contributed by atoms with Crippen LogP contribution in [0.2, 0.25) is 0 Å². The van der Waals surface area contributed by atoms with Crippen molar-refractivity contribution in [2.24, 2.45) is 5.41 Å². The third kappa shape index (κ3) is 6.98. The van der Waals surface area contributed by atoms with E-state index in [1.807, 2.05) is 20.8 Å². The third-order valence-electron chi connectivity index (χ3n) is 3.46. The lowest BCUT2D eigenvalue weighted by Crippen LogP contribution is -2.51. The lowest BCUT2D eigenvalue weighted by molar-refractivity contribution is -0.129. The number of hydrogen-bond donors (Lipinski definition) is 3. The number of carbonyl (C=O) groups excluding carboxylic acids is 1. The summed E-state index contributed by atoms with van der Waals surface area (Å²) in [5, 5.41) is 10.2. The van der Waals surface area contributed by atoms with Crippen molar-refractivity contribution in [1.82, 2.24) is 16.0 Å². The molecule has 1 aliphatic rings. The standard InChI is InChI=1S/C17H33N3O/c1-16(2,3)15(21)13(20-17(4,5)6)9-7-11-18-14-10-8-12-19-14/h10,13,18-20H,7-9,11-12H2,1-6H3/t13-/m1/s1. The second-order valence-corrected chi connectivity index (χ2v) is 7.96.